The van der Waals surface area contributed by atoms with Gasteiger partial charge in [0.15, 0.2) is 0 Å². The van der Waals surface area contributed by atoms with E-state index >= 15 is 0 Å². The first kappa shape index (κ1) is 9.46. The zero-order valence-corrected chi connectivity index (χ0v) is 8.30. The molecule has 0 atom stereocenters. The average Bonchev–Trinajstić information content (AvgIpc) is 2.30. The third kappa shape index (κ3) is 2.68. The van der Waals surface area contributed by atoms with Crippen molar-refractivity contribution >= 4 is 18.0 Å². The van der Waals surface area contributed by atoms with Gasteiger partial charge in [-0.05, 0) is 23.3 Å². The SMILES string of the molecule is Nc1ccc(/C=C/c2ccccc2)cn1. The Labute approximate surface area is 89.1 Å². The molecule has 0 aliphatic rings. The molecule has 0 fully saturated rings. The van der Waals surface area contributed by atoms with Crippen LogP contribution in [0.3, 0.4) is 0 Å². The summed E-state index contributed by atoms with van der Waals surface area (Å²) in [5.74, 6) is 0.548. The van der Waals surface area contributed by atoms with Gasteiger partial charge in [-0.25, -0.2) is 4.98 Å². The number of nitrogen functional groups attached to an aromatic ring is 1. The van der Waals surface area contributed by atoms with Gasteiger partial charge in [0.1, 0.15) is 5.82 Å². The third-order valence-electron chi connectivity index (χ3n) is 2.08. The maximum Gasteiger partial charge on any atom is 0.123 e. The Bertz CT molecular complexity index is 444. The largest absolute Gasteiger partial charge is 0.384 e. The zero-order chi connectivity index (χ0) is 10.5. The summed E-state index contributed by atoms with van der Waals surface area (Å²) < 4.78 is 0. The predicted octanol–water partition coefficient (Wildman–Crippen LogP) is 2.83. The molecule has 0 spiro atoms. The standard InChI is InChI=1S/C13H12N2/c14-13-9-8-12(10-15-13)7-6-11-4-2-1-3-5-11/h1-10H,(H2,14,15)/b7-6+. The monoisotopic (exact) mass is 196 g/mol. The van der Waals surface area contributed by atoms with Crippen LogP contribution >= 0.6 is 0 Å². The summed E-state index contributed by atoms with van der Waals surface area (Å²) in [6.45, 7) is 0. The smallest absolute Gasteiger partial charge is 0.123 e. The number of hydrogen-bond donors (Lipinski definition) is 1. The Morgan fingerprint density at radius 3 is 2.27 bits per heavy atom. The molecule has 0 amide bonds. The van der Waals surface area contributed by atoms with Gasteiger partial charge in [0.25, 0.3) is 0 Å². The van der Waals surface area contributed by atoms with Gasteiger partial charge in [0.2, 0.25) is 0 Å². The Morgan fingerprint density at radius 2 is 1.60 bits per heavy atom. The lowest BCUT2D eigenvalue weighted by Gasteiger charge is -1.94. The van der Waals surface area contributed by atoms with Crippen molar-refractivity contribution in [3.63, 3.8) is 0 Å². The van der Waals surface area contributed by atoms with Crippen LogP contribution < -0.4 is 5.73 Å². The van der Waals surface area contributed by atoms with Crippen molar-refractivity contribution in [3.05, 3.63) is 59.8 Å². The quantitative estimate of drug-likeness (QED) is 0.802. The summed E-state index contributed by atoms with van der Waals surface area (Å²) in [7, 11) is 0. The van der Waals surface area contributed by atoms with Crippen LogP contribution in [0.5, 0.6) is 0 Å². The molecular weight excluding hydrogens is 184 g/mol. The van der Waals surface area contributed by atoms with E-state index < -0.39 is 0 Å². The van der Waals surface area contributed by atoms with E-state index in [0.717, 1.165) is 5.56 Å². The van der Waals surface area contributed by atoms with Crippen LogP contribution in [-0.2, 0) is 0 Å². The number of anilines is 1. The lowest BCUT2D eigenvalue weighted by molar-refractivity contribution is 1.33. The maximum absolute atomic E-state index is 5.50. The first-order valence-corrected chi connectivity index (χ1v) is 4.79. The van der Waals surface area contributed by atoms with E-state index in [1.165, 1.54) is 5.56 Å². The molecule has 0 aliphatic carbocycles. The molecule has 74 valence electrons. The van der Waals surface area contributed by atoms with E-state index in [4.69, 9.17) is 5.73 Å². The molecule has 2 N–H and O–H groups in total. The molecule has 15 heavy (non-hydrogen) atoms. The van der Waals surface area contributed by atoms with Gasteiger partial charge in [-0.15, -0.1) is 0 Å². The van der Waals surface area contributed by atoms with Crippen molar-refractivity contribution < 1.29 is 0 Å². The first-order chi connectivity index (χ1) is 7.34. The summed E-state index contributed by atoms with van der Waals surface area (Å²) in [6, 6.07) is 13.9. The molecule has 2 rings (SSSR count). The van der Waals surface area contributed by atoms with Crippen molar-refractivity contribution in [1.82, 2.24) is 4.98 Å². The van der Waals surface area contributed by atoms with Crippen LogP contribution in [0.25, 0.3) is 12.2 Å². The van der Waals surface area contributed by atoms with Crippen molar-refractivity contribution in [1.29, 1.82) is 0 Å². The fraction of sp³-hybridized carbons (Fsp3) is 0. The Hall–Kier alpha value is -2.09. The average molecular weight is 196 g/mol. The molecular formula is C13H12N2. The second-order valence-electron chi connectivity index (χ2n) is 3.26. The minimum absolute atomic E-state index is 0.548. The van der Waals surface area contributed by atoms with Crippen LogP contribution in [0.4, 0.5) is 5.82 Å². The van der Waals surface area contributed by atoms with Gasteiger partial charge in [0.05, 0.1) is 0 Å². The van der Waals surface area contributed by atoms with Crippen molar-refractivity contribution in [2.45, 2.75) is 0 Å². The van der Waals surface area contributed by atoms with E-state index in [1.54, 1.807) is 12.3 Å². The van der Waals surface area contributed by atoms with E-state index in [0.29, 0.717) is 5.82 Å². The highest BCUT2D eigenvalue weighted by Crippen LogP contribution is 2.07. The predicted molar refractivity (Wildman–Crippen MR) is 64.0 cm³/mol. The molecule has 0 aliphatic heterocycles. The fourth-order valence-corrected chi connectivity index (χ4v) is 1.27. The Balaban J connectivity index is 2.15. The molecule has 1 heterocycles. The molecule has 0 radical (unpaired) electrons. The second-order valence-corrected chi connectivity index (χ2v) is 3.26. The summed E-state index contributed by atoms with van der Waals surface area (Å²) in [5, 5.41) is 0. The van der Waals surface area contributed by atoms with Crippen LogP contribution in [0.15, 0.2) is 48.7 Å². The van der Waals surface area contributed by atoms with Crippen LogP contribution in [0.2, 0.25) is 0 Å². The molecule has 0 saturated carbocycles. The molecule has 2 nitrogen and oxygen atoms in total. The molecule has 1 aromatic heterocycles. The summed E-state index contributed by atoms with van der Waals surface area (Å²) >= 11 is 0. The Morgan fingerprint density at radius 1 is 0.867 bits per heavy atom. The molecule has 0 saturated heterocycles. The van der Waals surface area contributed by atoms with E-state index in [1.807, 2.05) is 36.4 Å². The van der Waals surface area contributed by atoms with Crippen molar-refractivity contribution in [2.24, 2.45) is 0 Å². The van der Waals surface area contributed by atoms with Gasteiger partial charge >= 0.3 is 0 Å². The second kappa shape index (κ2) is 4.42. The van der Waals surface area contributed by atoms with E-state index in [9.17, 15) is 0 Å². The van der Waals surface area contributed by atoms with E-state index in [2.05, 4.69) is 17.1 Å². The van der Waals surface area contributed by atoms with Crippen molar-refractivity contribution in [2.75, 3.05) is 5.73 Å². The van der Waals surface area contributed by atoms with Gasteiger partial charge in [0, 0.05) is 6.20 Å². The molecule has 2 aromatic rings. The lowest BCUT2D eigenvalue weighted by atomic mass is 10.2. The van der Waals surface area contributed by atoms with Crippen LogP contribution in [-0.4, -0.2) is 4.98 Å². The van der Waals surface area contributed by atoms with Crippen LogP contribution in [0, 0.1) is 0 Å². The fourth-order valence-electron chi connectivity index (χ4n) is 1.27. The third-order valence-corrected chi connectivity index (χ3v) is 2.08. The highest BCUT2D eigenvalue weighted by Gasteiger charge is 1.88. The summed E-state index contributed by atoms with van der Waals surface area (Å²) in [6.07, 6.45) is 5.82. The Kier molecular flexibility index (Phi) is 2.79. The first-order valence-electron chi connectivity index (χ1n) is 4.79. The van der Waals surface area contributed by atoms with Gasteiger partial charge < -0.3 is 5.73 Å². The highest BCUT2D eigenvalue weighted by atomic mass is 14.8. The van der Waals surface area contributed by atoms with Gasteiger partial charge in [-0.1, -0.05) is 42.5 Å². The maximum atomic E-state index is 5.50. The normalized spacial score (nSPS) is 10.7. The number of aromatic nitrogens is 1. The zero-order valence-electron chi connectivity index (χ0n) is 8.30. The number of nitrogens with two attached hydrogens (primary N) is 1. The van der Waals surface area contributed by atoms with Gasteiger partial charge in [-0.3, -0.25) is 0 Å². The minimum atomic E-state index is 0.548. The number of rotatable bonds is 2. The summed E-state index contributed by atoms with van der Waals surface area (Å²) in [5.41, 5.74) is 7.72. The highest BCUT2D eigenvalue weighted by molar-refractivity contribution is 5.69. The number of benzene rings is 1. The van der Waals surface area contributed by atoms with Crippen LogP contribution in [0.1, 0.15) is 11.1 Å². The summed E-state index contributed by atoms with van der Waals surface area (Å²) in [4.78, 5) is 4.02. The van der Waals surface area contributed by atoms with E-state index in [-0.39, 0.29) is 0 Å². The van der Waals surface area contributed by atoms with Gasteiger partial charge in [-0.2, -0.15) is 0 Å². The lowest BCUT2D eigenvalue weighted by Crippen LogP contribution is -1.87. The minimum Gasteiger partial charge on any atom is -0.384 e. The molecule has 2 heteroatoms. The topological polar surface area (TPSA) is 38.9 Å². The number of hydrogen-bond acceptors (Lipinski definition) is 2. The number of pyridine rings is 1. The molecule has 1 aromatic carbocycles. The number of nitrogens with zero attached hydrogens (tertiary/aromatic N) is 1. The molecule has 0 unspecified atom stereocenters. The van der Waals surface area contributed by atoms with Crippen molar-refractivity contribution in [3.8, 4) is 0 Å². The molecule has 0 bridgehead atoms.